The van der Waals surface area contributed by atoms with Gasteiger partial charge in [-0.3, -0.25) is 9.48 Å². The zero-order valence-corrected chi connectivity index (χ0v) is 18.6. The van der Waals surface area contributed by atoms with Crippen LogP contribution in [0.5, 0.6) is 0 Å². The fraction of sp³-hybridized carbons (Fsp3) is 0.417. The molecule has 0 saturated carbocycles. The number of carbonyl (C=O) groups excluding carboxylic acids is 1. The van der Waals surface area contributed by atoms with E-state index in [-0.39, 0.29) is 11.9 Å². The summed E-state index contributed by atoms with van der Waals surface area (Å²) in [7, 11) is 1.93. The van der Waals surface area contributed by atoms with E-state index < -0.39 is 0 Å². The van der Waals surface area contributed by atoms with Crippen molar-refractivity contribution in [2.75, 3.05) is 6.54 Å². The average molecular weight is 417 g/mol. The van der Waals surface area contributed by atoms with Crippen molar-refractivity contribution in [2.24, 2.45) is 7.05 Å². The van der Waals surface area contributed by atoms with E-state index in [9.17, 15) is 4.79 Å². The van der Waals surface area contributed by atoms with Gasteiger partial charge in [-0.2, -0.15) is 5.10 Å². The Morgan fingerprint density at radius 3 is 2.77 bits per heavy atom. The number of fused-ring (bicyclic) bond motifs is 2. The number of amides is 1. The summed E-state index contributed by atoms with van der Waals surface area (Å²) in [6.45, 7) is 6.96. The molecule has 1 aliphatic rings. The smallest absolute Gasteiger partial charge is 0.223 e. The van der Waals surface area contributed by atoms with Gasteiger partial charge < -0.3 is 9.88 Å². The molecule has 1 atom stereocenters. The van der Waals surface area contributed by atoms with Gasteiger partial charge in [-0.05, 0) is 63.3 Å². The summed E-state index contributed by atoms with van der Waals surface area (Å²) in [5.74, 6) is 1.08. The summed E-state index contributed by atoms with van der Waals surface area (Å²) in [4.78, 5) is 28.2. The van der Waals surface area contributed by atoms with Crippen molar-refractivity contribution < 1.29 is 4.79 Å². The van der Waals surface area contributed by atoms with Crippen LogP contribution in [0.15, 0.2) is 24.3 Å². The molecule has 5 rings (SSSR count). The van der Waals surface area contributed by atoms with Gasteiger partial charge in [-0.1, -0.05) is 12.1 Å². The third kappa shape index (κ3) is 3.28. The minimum Gasteiger partial charge on any atom is -0.340 e. The molecule has 0 spiro atoms. The maximum atomic E-state index is 13.2. The highest BCUT2D eigenvalue weighted by atomic mass is 16.2. The summed E-state index contributed by atoms with van der Waals surface area (Å²) >= 11 is 0. The van der Waals surface area contributed by atoms with Gasteiger partial charge in [0.2, 0.25) is 5.91 Å². The molecule has 7 nitrogen and oxygen atoms in total. The van der Waals surface area contributed by atoms with Gasteiger partial charge >= 0.3 is 0 Å². The zero-order valence-electron chi connectivity index (χ0n) is 18.6. The molecule has 1 aliphatic heterocycles. The Labute approximate surface area is 181 Å². The van der Waals surface area contributed by atoms with Crippen LogP contribution < -0.4 is 0 Å². The maximum absolute atomic E-state index is 13.2. The first-order valence-electron chi connectivity index (χ1n) is 11.0. The molecule has 1 aromatic carbocycles. The molecule has 4 heterocycles. The molecule has 0 radical (unpaired) electrons. The second-order valence-electron chi connectivity index (χ2n) is 8.59. The predicted octanol–water partition coefficient (Wildman–Crippen LogP) is 4.07. The van der Waals surface area contributed by atoms with Crippen molar-refractivity contribution in [2.45, 2.75) is 52.5 Å². The van der Waals surface area contributed by atoms with E-state index in [2.05, 4.69) is 17.0 Å². The first-order valence-corrected chi connectivity index (χ1v) is 11.0. The van der Waals surface area contributed by atoms with Crippen molar-refractivity contribution in [1.29, 1.82) is 0 Å². The van der Waals surface area contributed by atoms with Crippen molar-refractivity contribution in [3.63, 3.8) is 0 Å². The standard InChI is InChI=1S/C24H28N6O/c1-14-17(15(2)25-24-22(14)16(3)28-29(24)4)11-12-21(31)30-13-7-10-20(30)23-26-18-8-5-6-9-19(18)27-23/h5-6,8-9,20H,7,10-13H2,1-4H3,(H,26,27)/t20-/m0/s1. The predicted molar refractivity (Wildman–Crippen MR) is 121 cm³/mol. The largest absolute Gasteiger partial charge is 0.340 e. The van der Waals surface area contributed by atoms with Crippen molar-refractivity contribution in [1.82, 2.24) is 29.6 Å². The molecular weight excluding hydrogens is 388 g/mol. The maximum Gasteiger partial charge on any atom is 0.223 e. The highest BCUT2D eigenvalue weighted by Gasteiger charge is 2.32. The molecule has 0 aliphatic carbocycles. The Morgan fingerprint density at radius 2 is 1.97 bits per heavy atom. The van der Waals surface area contributed by atoms with E-state index in [1.54, 1.807) is 0 Å². The van der Waals surface area contributed by atoms with E-state index in [1.807, 2.05) is 54.7 Å². The minimum absolute atomic E-state index is 0.0308. The SMILES string of the molecule is Cc1nc2c(c(C)nn2C)c(C)c1CCC(=O)N1CCC[C@H]1c1nc2ccccc2[nH]1. The summed E-state index contributed by atoms with van der Waals surface area (Å²) in [6.07, 6.45) is 3.13. The Kier molecular flexibility index (Phi) is 4.76. The first-order chi connectivity index (χ1) is 14.9. The van der Waals surface area contributed by atoms with E-state index >= 15 is 0 Å². The van der Waals surface area contributed by atoms with Crippen LogP contribution in [0.2, 0.25) is 0 Å². The number of H-pyrrole nitrogens is 1. The molecule has 160 valence electrons. The van der Waals surface area contributed by atoms with Crippen LogP contribution in [-0.2, 0) is 18.3 Å². The molecule has 0 bridgehead atoms. The lowest BCUT2D eigenvalue weighted by atomic mass is 9.99. The number of benzene rings is 1. The van der Waals surface area contributed by atoms with Crippen LogP contribution in [0.3, 0.4) is 0 Å². The lowest BCUT2D eigenvalue weighted by molar-refractivity contribution is -0.132. The number of hydrogen-bond acceptors (Lipinski definition) is 4. The number of hydrogen-bond donors (Lipinski definition) is 1. The quantitative estimate of drug-likeness (QED) is 0.544. The molecule has 1 fully saturated rings. The highest BCUT2D eigenvalue weighted by Crippen LogP contribution is 2.33. The van der Waals surface area contributed by atoms with Gasteiger partial charge in [0.25, 0.3) is 0 Å². The average Bonchev–Trinajstić information content (AvgIpc) is 3.44. The van der Waals surface area contributed by atoms with Crippen molar-refractivity contribution in [3.8, 4) is 0 Å². The van der Waals surface area contributed by atoms with Crippen LogP contribution in [-0.4, -0.2) is 42.1 Å². The van der Waals surface area contributed by atoms with Crippen LogP contribution in [0.1, 0.15) is 53.6 Å². The topological polar surface area (TPSA) is 79.7 Å². The second kappa shape index (κ2) is 7.48. The molecule has 31 heavy (non-hydrogen) atoms. The zero-order chi connectivity index (χ0) is 21.7. The molecule has 7 heteroatoms. The Hall–Kier alpha value is -3.22. The van der Waals surface area contributed by atoms with Gasteiger partial charge in [0.05, 0.1) is 22.8 Å². The number of aryl methyl sites for hydroxylation is 4. The van der Waals surface area contributed by atoms with Crippen LogP contribution in [0.25, 0.3) is 22.1 Å². The number of aromatic amines is 1. The van der Waals surface area contributed by atoms with Gasteiger partial charge in [0.1, 0.15) is 5.82 Å². The fourth-order valence-corrected chi connectivity index (χ4v) is 5.09. The number of imidazole rings is 1. The highest BCUT2D eigenvalue weighted by molar-refractivity contribution is 5.84. The van der Waals surface area contributed by atoms with Crippen LogP contribution in [0.4, 0.5) is 0 Å². The van der Waals surface area contributed by atoms with Crippen molar-refractivity contribution >= 4 is 28.0 Å². The Morgan fingerprint density at radius 1 is 1.16 bits per heavy atom. The first kappa shape index (κ1) is 19.7. The number of aromatic nitrogens is 5. The summed E-state index contributed by atoms with van der Waals surface area (Å²) < 4.78 is 1.84. The normalized spacial score (nSPS) is 16.6. The van der Waals surface area contributed by atoms with E-state index in [0.29, 0.717) is 12.8 Å². The molecule has 4 aromatic rings. The molecule has 3 aromatic heterocycles. The van der Waals surface area contributed by atoms with Crippen LogP contribution in [0, 0.1) is 20.8 Å². The van der Waals surface area contributed by atoms with Gasteiger partial charge in [0, 0.05) is 31.1 Å². The Bertz CT molecular complexity index is 1270. The number of pyridine rings is 1. The lowest BCUT2D eigenvalue weighted by Crippen LogP contribution is -2.31. The van der Waals surface area contributed by atoms with Gasteiger partial charge in [0.15, 0.2) is 5.65 Å². The minimum atomic E-state index is 0.0308. The third-order valence-electron chi connectivity index (χ3n) is 6.62. The fourth-order valence-electron chi connectivity index (χ4n) is 5.09. The molecule has 1 amide bonds. The number of carbonyl (C=O) groups is 1. The molecule has 0 unspecified atom stereocenters. The molecule has 1 saturated heterocycles. The number of likely N-dealkylation sites (tertiary alicyclic amines) is 1. The number of nitrogens with zero attached hydrogens (tertiary/aromatic N) is 5. The van der Waals surface area contributed by atoms with E-state index in [1.165, 1.54) is 5.56 Å². The van der Waals surface area contributed by atoms with Crippen LogP contribution >= 0.6 is 0 Å². The summed E-state index contributed by atoms with van der Waals surface area (Å²) in [5.41, 5.74) is 7.21. The number of para-hydroxylation sites is 2. The summed E-state index contributed by atoms with van der Waals surface area (Å²) in [6, 6.07) is 8.06. The Balaban J connectivity index is 1.37. The second-order valence-corrected chi connectivity index (χ2v) is 8.59. The molecular formula is C24H28N6O. The van der Waals surface area contributed by atoms with E-state index in [4.69, 9.17) is 9.97 Å². The third-order valence-corrected chi connectivity index (χ3v) is 6.62. The summed E-state index contributed by atoms with van der Waals surface area (Å²) in [5, 5.41) is 5.63. The van der Waals surface area contributed by atoms with E-state index in [0.717, 1.165) is 64.2 Å². The number of rotatable bonds is 4. The van der Waals surface area contributed by atoms with Gasteiger partial charge in [-0.15, -0.1) is 0 Å². The number of nitrogens with one attached hydrogen (secondary N) is 1. The monoisotopic (exact) mass is 416 g/mol. The van der Waals surface area contributed by atoms with Gasteiger partial charge in [-0.25, -0.2) is 9.97 Å². The van der Waals surface area contributed by atoms with Crippen molar-refractivity contribution in [3.05, 3.63) is 52.6 Å². The lowest BCUT2D eigenvalue weighted by Gasteiger charge is -2.23. The molecule has 1 N–H and O–H groups in total.